The zero-order chi connectivity index (χ0) is 3.58. The Kier molecular flexibility index (Phi) is 7.73. The summed E-state index contributed by atoms with van der Waals surface area (Å²) in [6, 6.07) is 0. The van der Waals surface area contributed by atoms with E-state index in [4.69, 9.17) is 15.1 Å². The second-order valence-corrected chi connectivity index (χ2v) is 0.346. The van der Waals surface area contributed by atoms with Crippen molar-refractivity contribution in [3.8, 4) is 0 Å². The summed E-state index contributed by atoms with van der Waals surface area (Å²) in [5.41, 5.74) is 0. The summed E-state index contributed by atoms with van der Waals surface area (Å²) in [6.45, 7) is 0. The van der Waals surface area contributed by atoms with Crippen molar-refractivity contribution < 1.29 is 15.1 Å². The van der Waals surface area contributed by atoms with Gasteiger partial charge in [0.1, 0.15) is 0 Å². The average Bonchev–Trinajstić information content (AvgIpc) is 0.811. The number of rotatable bonds is 0. The van der Waals surface area contributed by atoms with Crippen LogP contribution in [0.25, 0.3) is 0 Å². The van der Waals surface area contributed by atoms with E-state index in [9.17, 15) is 0 Å². The van der Waals surface area contributed by atoms with Crippen molar-refractivity contribution in [3.63, 3.8) is 0 Å². The van der Waals surface area contributed by atoms with Gasteiger partial charge in [0.25, 0.3) is 0 Å². The van der Waals surface area contributed by atoms with E-state index in [1.807, 2.05) is 0 Å². The molecule has 5 heavy (non-hydrogen) atoms. The van der Waals surface area contributed by atoms with E-state index < -0.39 is 7.32 Å². The monoisotopic (exact) mass is 96.0 g/mol. The van der Waals surface area contributed by atoms with Gasteiger partial charge in [-0.3, -0.25) is 0 Å². The van der Waals surface area contributed by atoms with Crippen LogP contribution in [0.3, 0.4) is 0 Å². The first-order chi connectivity index (χ1) is 1.73. The van der Waals surface area contributed by atoms with E-state index >= 15 is 0 Å². The van der Waals surface area contributed by atoms with Crippen LogP contribution < -0.4 is 0 Å². The van der Waals surface area contributed by atoms with Gasteiger partial charge in [-0.25, -0.2) is 0 Å². The SMILES string of the molecule is OB(O)O.S. The quantitative estimate of drug-likeness (QED) is 0.307. The molecule has 0 atom stereocenters. The molecule has 0 bridgehead atoms. The van der Waals surface area contributed by atoms with Gasteiger partial charge >= 0.3 is 7.32 Å². The van der Waals surface area contributed by atoms with Crippen LogP contribution in [-0.4, -0.2) is 22.4 Å². The van der Waals surface area contributed by atoms with Crippen LogP contribution in [0, 0.1) is 0 Å². The van der Waals surface area contributed by atoms with E-state index in [1.54, 1.807) is 0 Å². The minimum absolute atomic E-state index is 0. The van der Waals surface area contributed by atoms with Crippen molar-refractivity contribution >= 4 is 20.8 Å². The number of hydrogen-bond acceptors (Lipinski definition) is 3. The minimum Gasteiger partial charge on any atom is -0.402 e. The molecular formula is H5BO3S. The molecule has 0 saturated heterocycles. The van der Waals surface area contributed by atoms with Crippen LogP contribution in [0.15, 0.2) is 0 Å². The van der Waals surface area contributed by atoms with Gasteiger partial charge in [0.15, 0.2) is 0 Å². The van der Waals surface area contributed by atoms with Crippen LogP contribution in [0.5, 0.6) is 0 Å². The summed E-state index contributed by atoms with van der Waals surface area (Å²) >= 11 is 0. The molecule has 0 radical (unpaired) electrons. The fourth-order valence-electron chi connectivity index (χ4n) is 0. The maximum atomic E-state index is 7.17. The van der Waals surface area contributed by atoms with Gasteiger partial charge in [0.05, 0.1) is 0 Å². The fourth-order valence-corrected chi connectivity index (χ4v) is 0. The van der Waals surface area contributed by atoms with Crippen LogP contribution in [0.4, 0.5) is 0 Å². The molecule has 0 aromatic heterocycles. The Morgan fingerprint density at radius 1 is 1.00 bits per heavy atom. The molecule has 0 heterocycles. The van der Waals surface area contributed by atoms with Gasteiger partial charge in [-0.05, 0) is 0 Å². The van der Waals surface area contributed by atoms with E-state index in [1.165, 1.54) is 0 Å². The first kappa shape index (κ1) is 9.00. The Balaban J connectivity index is 0. The van der Waals surface area contributed by atoms with Gasteiger partial charge in [0, 0.05) is 0 Å². The smallest absolute Gasteiger partial charge is 0.402 e. The molecule has 0 rings (SSSR count). The van der Waals surface area contributed by atoms with Gasteiger partial charge in [0.2, 0.25) is 0 Å². The molecule has 0 aliphatic carbocycles. The van der Waals surface area contributed by atoms with Gasteiger partial charge in [-0.15, -0.1) is 0 Å². The van der Waals surface area contributed by atoms with Gasteiger partial charge in [-0.1, -0.05) is 0 Å². The summed E-state index contributed by atoms with van der Waals surface area (Å²) in [7, 11) is -2.17. The van der Waals surface area contributed by atoms with Crippen molar-refractivity contribution in [1.82, 2.24) is 0 Å². The molecule has 0 saturated carbocycles. The lowest BCUT2D eigenvalue weighted by Crippen LogP contribution is -2.07. The largest absolute Gasteiger partial charge is 0.631 e. The molecule has 0 aromatic rings. The van der Waals surface area contributed by atoms with E-state index in [-0.39, 0.29) is 13.5 Å². The normalized spacial score (nSPS) is 5.40. The van der Waals surface area contributed by atoms with E-state index in [2.05, 4.69) is 0 Å². The Morgan fingerprint density at radius 3 is 1.00 bits per heavy atom. The molecule has 0 aromatic carbocycles. The molecule has 3 N–H and O–H groups in total. The molecule has 0 spiro atoms. The molecule has 3 nitrogen and oxygen atoms in total. The summed E-state index contributed by atoms with van der Waals surface area (Å²) in [5.74, 6) is 0. The lowest BCUT2D eigenvalue weighted by Gasteiger charge is -1.69. The third kappa shape index (κ3) is 260. The first-order valence-electron chi connectivity index (χ1n) is 0.775. The zero-order valence-corrected chi connectivity index (χ0v) is 3.42. The standard InChI is InChI=1S/BH3O3.H2S/c2-1(3)4;/h2-4H;1H2. The molecule has 5 heteroatoms. The van der Waals surface area contributed by atoms with Crippen molar-refractivity contribution in [2.45, 2.75) is 0 Å². The maximum absolute atomic E-state index is 7.17. The Bertz CT molecular complexity index is 11.6. The zero-order valence-electron chi connectivity index (χ0n) is 2.42. The van der Waals surface area contributed by atoms with Crippen LogP contribution in [0.1, 0.15) is 0 Å². The summed E-state index contributed by atoms with van der Waals surface area (Å²) in [6.07, 6.45) is 0. The second-order valence-electron chi connectivity index (χ2n) is 0.346. The van der Waals surface area contributed by atoms with Crippen molar-refractivity contribution in [3.05, 3.63) is 0 Å². The van der Waals surface area contributed by atoms with E-state index in [0.29, 0.717) is 0 Å². The Hall–Kier alpha value is 0.295. The highest BCUT2D eigenvalue weighted by Gasteiger charge is 1.92. The Labute approximate surface area is 36.9 Å². The summed E-state index contributed by atoms with van der Waals surface area (Å²) in [5, 5.41) is 21.5. The third-order valence-corrected chi connectivity index (χ3v) is 0. The van der Waals surface area contributed by atoms with Crippen LogP contribution in [0.2, 0.25) is 0 Å². The topological polar surface area (TPSA) is 60.7 Å². The molecule has 0 fully saturated rings. The molecule has 0 amide bonds. The van der Waals surface area contributed by atoms with Crippen LogP contribution >= 0.6 is 13.5 Å². The minimum atomic E-state index is -2.17. The van der Waals surface area contributed by atoms with Crippen molar-refractivity contribution in [1.29, 1.82) is 0 Å². The second kappa shape index (κ2) is 4.29. The van der Waals surface area contributed by atoms with Crippen LogP contribution in [-0.2, 0) is 0 Å². The average molecular weight is 95.9 g/mol. The summed E-state index contributed by atoms with van der Waals surface area (Å²) < 4.78 is 0. The Morgan fingerprint density at radius 2 is 1.00 bits per heavy atom. The summed E-state index contributed by atoms with van der Waals surface area (Å²) in [4.78, 5) is 0. The highest BCUT2D eigenvalue weighted by atomic mass is 32.1. The molecular weight excluding hydrogens is 90.9 g/mol. The highest BCUT2D eigenvalue weighted by Crippen LogP contribution is 1.40. The maximum Gasteiger partial charge on any atom is 0.631 e. The number of hydrogen-bond donors (Lipinski definition) is 3. The van der Waals surface area contributed by atoms with Crippen molar-refractivity contribution in [2.75, 3.05) is 0 Å². The third-order valence-electron chi connectivity index (χ3n) is 0. The van der Waals surface area contributed by atoms with Crippen molar-refractivity contribution in [2.24, 2.45) is 0 Å². The molecule has 32 valence electrons. The molecule has 0 aliphatic rings. The predicted octanol–water partition coefficient (Wildman–Crippen LogP) is -1.94. The lowest BCUT2D eigenvalue weighted by molar-refractivity contribution is 0.278. The molecule has 0 aliphatic heterocycles. The van der Waals surface area contributed by atoms with Gasteiger partial charge < -0.3 is 15.1 Å². The van der Waals surface area contributed by atoms with Gasteiger partial charge in [-0.2, -0.15) is 13.5 Å². The van der Waals surface area contributed by atoms with E-state index in [0.717, 1.165) is 0 Å². The molecule has 0 unspecified atom stereocenters. The highest BCUT2D eigenvalue weighted by molar-refractivity contribution is 7.59. The lowest BCUT2D eigenvalue weighted by atomic mass is 10.3. The fraction of sp³-hybridized carbons (Fsp3) is 0. The predicted molar refractivity (Wildman–Crippen MR) is 22.8 cm³/mol. The first-order valence-corrected chi connectivity index (χ1v) is 0.775.